The van der Waals surface area contributed by atoms with Crippen molar-refractivity contribution >= 4 is 0 Å². The lowest BCUT2D eigenvalue weighted by molar-refractivity contribution is 0.0900. The summed E-state index contributed by atoms with van der Waals surface area (Å²) < 4.78 is 0. The molecule has 1 rings (SSSR count). The van der Waals surface area contributed by atoms with Gasteiger partial charge in [-0.05, 0) is 0 Å². The molecule has 1 N–H and O–H groups in total. The van der Waals surface area contributed by atoms with Gasteiger partial charge in [0.15, 0.2) is 0 Å². The van der Waals surface area contributed by atoms with E-state index in [0.717, 1.165) is 13.1 Å². The molecule has 0 aromatic carbocycles. The Hall–Kier alpha value is -0.0800. The third-order valence-corrected chi connectivity index (χ3v) is 1.29. The maximum absolute atomic E-state index is 8.45. The molecule has 1 heterocycles. The van der Waals surface area contributed by atoms with Gasteiger partial charge < -0.3 is 10.0 Å². The lowest BCUT2D eigenvalue weighted by Gasteiger charge is -2.34. The van der Waals surface area contributed by atoms with Gasteiger partial charge in [0.1, 0.15) is 0 Å². The van der Waals surface area contributed by atoms with Gasteiger partial charge in [-0.3, -0.25) is 0 Å². The van der Waals surface area contributed by atoms with Crippen LogP contribution in [0.1, 0.15) is 0 Å². The number of hydrogen-bond donors (Lipinski definition) is 1. The first kappa shape index (κ1) is 5.06. The van der Waals surface area contributed by atoms with Gasteiger partial charge in [-0.15, -0.1) is 0 Å². The minimum absolute atomic E-state index is 0.325. The van der Waals surface area contributed by atoms with E-state index in [-0.39, 0.29) is 0 Å². The fourth-order valence-corrected chi connectivity index (χ4v) is 0.792. The Morgan fingerprint density at radius 1 is 1.71 bits per heavy atom. The summed E-state index contributed by atoms with van der Waals surface area (Å²) in [6, 6.07) is 0. The predicted molar refractivity (Wildman–Crippen MR) is 27.5 cm³/mol. The molecule has 0 bridgehead atoms. The van der Waals surface area contributed by atoms with E-state index in [9.17, 15) is 0 Å². The van der Waals surface area contributed by atoms with Crippen molar-refractivity contribution < 1.29 is 5.11 Å². The van der Waals surface area contributed by atoms with Gasteiger partial charge in [-0.1, -0.05) is 0 Å². The van der Waals surface area contributed by atoms with E-state index in [0.29, 0.717) is 12.5 Å². The number of aliphatic hydroxyl groups excluding tert-OH is 1. The predicted octanol–water partition coefficient (Wildman–Crippen LogP) is -0.298. The summed E-state index contributed by atoms with van der Waals surface area (Å²) in [6.07, 6.45) is 0. The SMILES string of the molecule is [CH2]N1CC(CO)C1. The Morgan fingerprint density at radius 2 is 2.29 bits per heavy atom. The van der Waals surface area contributed by atoms with Gasteiger partial charge in [0.2, 0.25) is 0 Å². The number of hydrogen-bond acceptors (Lipinski definition) is 2. The molecule has 0 aromatic rings. The molecule has 41 valence electrons. The fraction of sp³-hybridized carbons (Fsp3) is 0.800. The zero-order valence-corrected chi connectivity index (χ0v) is 4.30. The van der Waals surface area contributed by atoms with Crippen molar-refractivity contribution in [2.75, 3.05) is 19.7 Å². The molecule has 1 radical (unpaired) electrons. The highest BCUT2D eigenvalue weighted by Gasteiger charge is 2.21. The van der Waals surface area contributed by atoms with E-state index in [1.54, 1.807) is 0 Å². The lowest BCUT2D eigenvalue weighted by atomic mass is 10.0. The maximum atomic E-state index is 8.45. The number of aliphatic hydroxyl groups is 1. The highest BCUT2D eigenvalue weighted by molar-refractivity contribution is 4.77. The van der Waals surface area contributed by atoms with Crippen molar-refractivity contribution in [1.29, 1.82) is 0 Å². The molecule has 7 heavy (non-hydrogen) atoms. The van der Waals surface area contributed by atoms with E-state index in [4.69, 9.17) is 5.11 Å². The Kier molecular flexibility index (Phi) is 1.30. The molecule has 0 spiro atoms. The molecule has 2 nitrogen and oxygen atoms in total. The first-order valence-electron chi connectivity index (χ1n) is 2.49. The van der Waals surface area contributed by atoms with Crippen LogP contribution in [0, 0.1) is 13.0 Å². The largest absolute Gasteiger partial charge is 0.396 e. The van der Waals surface area contributed by atoms with Crippen molar-refractivity contribution in [3.8, 4) is 0 Å². The minimum atomic E-state index is 0.325. The maximum Gasteiger partial charge on any atom is 0.0483 e. The third-order valence-electron chi connectivity index (χ3n) is 1.29. The van der Waals surface area contributed by atoms with Crippen molar-refractivity contribution in [2.24, 2.45) is 5.92 Å². The average molecular weight is 100 g/mol. The molecule has 1 aliphatic heterocycles. The molecule has 1 saturated heterocycles. The highest BCUT2D eigenvalue weighted by atomic mass is 16.3. The smallest absolute Gasteiger partial charge is 0.0483 e. The van der Waals surface area contributed by atoms with Gasteiger partial charge >= 0.3 is 0 Å². The van der Waals surface area contributed by atoms with Crippen molar-refractivity contribution in [2.45, 2.75) is 0 Å². The fourth-order valence-electron chi connectivity index (χ4n) is 0.792. The highest BCUT2D eigenvalue weighted by Crippen LogP contribution is 2.11. The molecule has 0 atom stereocenters. The quantitative estimate of drug-likeness (QED) is 0.489. The van der Waals surface area contributed by atoms with Crippen LogP contribution in [0.5, 0.6) is 0 Å². The third kappa shape index (κ3) is 0.924. The van der Waals surface area contributed by atoms with Crippen LogP contribution in [-0.4, -0.2) is 29.7 Å². The molecule has 0 aromatic heterocycles. The minimum Gasteiger partial charge on any atom is -0.396 e. The Balaban J connectivity index is 2.06. The summed E-state index contributed by atoms with van der Waals surface area (Å²) in [4.78, 5) is 1.95. The normalized spacial score (nSPS) is 24.9. The van der Waals surface area contributed by atoms with Gasteiger partial charge in [0.05, 0.1) is 0 Å². The number of rotatable bonds is 1. The second-order valence-electron chi connectivity index (χ2n) is 2.08. The first-order chi connectivity index (χ1) is 3.33. The summed E-state index contributed by atoms with van der Waals surface area (Å²) >= 11 is 0. The second-order valence-corrected chi connectivity index (χ2v) is 2.08. The van der Waals surface area contributed by atoms with Crippen LogP contribution in [0.3, 0.4) is 0 Å². The van der Waals surface area contributed by atoms with E-state index in [1.165, 1.54) is 0 Å². The van der Waals surface area contributed by atoms with Crippen molar-refractivity contribution in [1.82, 2.24) is 4.90 Å². The van der Waals surface area contributed by atoms with Gasteiger partial charge in [-0.2, -0.15) is 0 Å². The molecule has 1 aliphatic rings. The average Bonchev–Trinajstić information content (AvgIpc) is 1.58. The molecule has 2 heteroatoms. The van der Waals surface area contributed by atoms with Crippen LogP contribution in [-0.2, 0) is 0 Å². The van der Waals surface area contributed by atoms with Gasteiger partial charge in [0, 0.05) is 32.7 Å². The summed E-state index contributed by atoms with van der Waals surface area (Å²) in [6.45, 7) is 2.26. The summed E-state index contributed by atoms with van der Waals surface area (Å²) in [5, 5.41) is 8.45. The monoisotopic (exact) mass is 100 g/mol. The second kappa shape index (κ2) is 1.80. The standard InChI is InChI=1S/C5H10NO/c1-6-2-5(3-6)4-7/h5,7H,1-4H2. The van der Waals surface area contributed by atoms with Crippen LogP contribution < -0.4 is 0 Å². The van der Waals surface area contributed by atoms with Crippen molar-refractivity contribution in [3.05, 3.63) is 7.05 Å². The van der Waals surface area contributed by atoms with E-state index >= 15 is 0 Å². The van der Waals surface area contributed by atoms with Gasteiger partial charge in [-0.25, -0.2) is 0 Å². The van der Waals surface area contributed by atoms with Crippen LogP contribution in [0.4, 0.5) is 0 Å². The molecular weight excluding hydrogens is 90.1 g/mol. The zero-order chi connectivity index (χ0) is 5.28. The summed E-state index contributed by atoms with van der Waals surface area (Å²) in [5.41, 5.74) is 0. The Morgan fingerprint density at radius 3 is 2.43 bits per heavy atom. The van der Waals surface area contributed by atoms with Crippen molar-refractivity contribution in [3.63, 3.8) is 0 Å². The van der Waals surface area contributed by atoms with Crippen LogP contribution in [0.2, 0.25) is 0 Å². The Labute approximate surface area is 43.7 Å². The number of nitrogens with zero attached hydrogens (tertiary/aromatic N) is 1. The first-order valence-corrected chi connectivity index (χ1v) is 2.49. The molecule has 1 fully saturated rings. The summed E-state index contributed by atoms with van der Waals surface area (Å²) in [7, 11) is 3.66. The molecular formula is C5H10NO. The molecule has 0 amide bonds. The van der Waals surface area contributed by atoms with E-state index in [2.05, 4.69) is 7.05 Å². The number of likely N-dealkylation sites (tertiary alicyclic amines) is 1. The molecule has 0 saturated carbocycles. The topological polar surface area (TPSA) is 23.5 Å². The van der Waals surface area contributed by atoms with Crippen LogP contribution in [0.15, 0.2) is 0 Å². The van der Waals surface area contributed by atoms with Crippen LogP contribution >= 0.6 is 0 Å². The Bertz CT molecular complexity index is 59.1. The van der Waals surface area contributed by atoms with Gasteiger partial charge in [0.25, 0.3) is 0 Å². The van der Waals surface area contributed by atoms with E-state index in [1.807, 2.05) is 4.90 Å². The molecule has 0 unspecified atom stereocenters. The van der Waals surface area contributed by atoms with E-state index < -0.39 is 0 Å². The summed E-state index contributed by atoms with van der Waals surface area (Å²) in [5.74, 6) is 0.512. The molecule has 0 aliphatic carbocycles. The lowest BCUT2D eigenvalue weighted by Crippen LogP contribution is -2.43. The van der Waals surface area contributed by atoms with Crippen LogP contribution in [0.25, 0.3) is 0 Å². The zero-order valence-electron chi connectivity index (χ0n) is 4.30.